The van der Waals surface area contributed by atoms with Crippen molar-refractivity contribution in [2.24, 2.45) is 0 Å². The van der Waals surface area contributed by atoms with Crippen LogP contribution in [-0.4, -0.2) is 44.2 Å². The number of nitrogens with zero attached hydrogens (tertiary/aromatic N) is 1. The molecule has 0 bridgehead atoms. The quantitative estimate of drug-likeness (QED) is 0.882. The first-order valence-electron chi connectivity index (χ1n) is 7.41. The van der Waals surface area contributed by atoms with Gasteiger partial charge in [-0.05, 0) is 43.1 Å². The van der Waals surface area contributed by atoms with Gasteiger partial charge in [0.2, 0.25) is 0 Å². The molecule has 1 aromatic carbocycles. The molecule has 3 nitrogen and oxygen atoms in total. The highest BCUT2D eigenvalue weighted by Gasteiger charge is 2.08. The summed E-state index contributed by atoms with van der Waals surface area (Å²) < 4.78 is 5.88. The standard InChI is InChI=1S/C16H26N2O/c1-14(2)15-5-3-6-16(13-15)19-12-11-18-9-4-7-17-8-10-18/h3,5-6,13-14,17H,4,7-12H2,1-2H3. The maximum Gasteiger partial charge on any atom is 0.119 e. The predicted molar refractivity (Wildman–Crippen MR) is 80.0 cm³/mol. The summed E-state index contributed by atoms with van der Waals surface area (Å²) in [6.07, 6.45) is 1.24. The number of hydrogen-bond acceptors (Lipinski definition) is 3. The molecule has 19 heavy (non-hydrogen) atoms. The van der Waals surface area contributed by atoms with Gasteiger partial charge in [-0.2, -0.15) is 0 Å². The van der Waals surface area contributed by atoms with E-state index in [9.17, 15) is 0 Å². The van der Waals surface area contributed by atoms with Gasteiger partial charge in [0, 0.05) is 19.6 Å². The Morgan fingerprint density at radius 2 is 2.16 bits per heavy atom. The molecule has 0 atom stereocenters. The first-order valence-corrected chi connectivity index (χ1v) is 7.41. The molecule has 1 aliphatic rings. The first-order chi connectivity index (χ1) is 9.25. The van der Waals surface area contributed by atoms with Crippen LogP contribution in [0.25, 0.3) is 0 Å². The summed E-state index contributed by atoms with van der Waals surface area (Å²) in [7, 11) is 0. The monoisotopic (exact) mass is 262 g/mol. The maximum absolute atomic E-state index is 5.88. The van der Waals surface area contributed by atoms with E-state index in [1.807, 2.05) is 0 Å². The fourth-order valence-electron chi connectivity index (χ4n) is 2.38. The predicted octanol–water partition coefficient (Wildman–Crippen LogP) is 2.48. The average Bonchev–Trinajstić information content (AvgIpc) is 2.68. The first kappa shape index (κ1) is 14.4. The van der Waals surface area contributed by atoms with Crippen LogP contribution in [0.1, 0.15) is 31.7 Å². The molecule has 0 amide bonds. The van der Waals surface area contributed by atoms with Crippen LogP contribution in [0.15, 0.2) is 24.3 Å². The normalized spacial score (nSPS) is 17.4. The average molecular weight is 262 g/mol. The van der Waals surface area contributed by atoms with E-state index in [1.54, 1.807) is 0 Å². The van der Waals surface area contributed by atoms with Crippen molar-refractivity contribution in [3.63, 3.8) is 0 Å². The summed E-state index contributed by atoms with van der Waals surface area (Å²) in [6.45, 7) is 10.8. The number of benzene rings is 1. The van der Waals surface area contributed by atoms with Crippen LogP contribution in [0.2, 0.25) is 0 Å². The van der Waals surface area contributed by atoms with Crippen molar-refractivity contribution in [1.29, 1.82) is 0 Å². The molecule has 3 heteroatoms. The minimum absolute atomic E-state index is 0.556. The molecule has 0 aliphatic carbocycles. The molecule has 0 saturated carbocycles. The van der Waals surface area contributed by atoms with Gasteiger partial charge in [0.25, 0.3) is 0 Å². The lowest BCUT2D eigenvalue weighted by molar-refractivity contribution is 0.217. The molecule has 1 saturated heterocycles. The Hall–Kier alpha value is -1.06. The van der Waals surface area contributed by atoms with E-state index in [2.05, 4.69) is 48.3 Å². The molecular weight excluding hydrogens is 236 g/mol. The van der Waals surface area contributed by atoms with Crippen LogP contribution < -0.4 is 10.1 Å². The van der Waals surface area contributed by atoms with E-state index in [0.29, 0.717) is 5.92 Å². The van der Waals surface area contributed by atoms with Crippen molar-refractivity contribution in [2.45, 2.75) is 26.2 Å². The van der Waals surface area contributed by atoms with Crippen molar-refractivity contribution < 1.29 is 4.74 Å². The third-order valence-corrected chi connectivity index (χ3v) is 3.63. The Labute approximate surface area is 116 Å². The van der Waals surface area contributed by atoms with Gasteiger partial charge >= 0.3 is 0 Å². The van der Waals surface area contributed by atoms with Gasteiger partial charge in [-0.1, -0.05) is 26.0 Å². The second kappa shape index (κ2) is 7.51. The number of ether oxygens (including phenoxy) is 1. The molecule has 0 radical (unpaired) electrons. The van der Waals surface area contributed by atoms with Crippen molar-refractivity contribution in [1.82, 2.24) is 10.2 Å². The lowest BCUT2D eigenvalue weighted by atomic mass is 10.0. The van der Waals surface area contributed by atoms with E-state index >= 15 is 0 Å². The minimum Gasteiger partial charge on any atom is -0.492 e. The van der Waals surface area contributed by atoms with E-state index < -0.39 is 0 Å². The van der Waals surface area contributed by atoms with Gasteiger partial charge in [-0.15, -0.1) is 0 Å². The lowest BCUT2D eigenvalue weighted by Crippen LogP contribution is -2.31. The Kier molecular flexibility index (Phi) is 5.67. The smallest absolute Gasteiger partial charge is 0.119 e. The Morgan fingerprint density at radius 3 is 3.00 bits per heavy atom. The fraction of sp³-hybridized carbons (Fsp3) is 0.625. The van der Waals surface area contributed by atoms with Crippen LogP contribution in [0.4, 0.5) is 0 Å². The zero-order chi connectivity index (χ0) is 13.5. The highest BCUT2D eigenvalue weighted by molar-refractivity contribution is 5.30. The Balaban J connectivity index is 1.77. The molecule has 106 valence electrons. The molecule has 1 N–H and O–H groups in total. The summed E-state index contributed by atoms with van der Waals surface area (Å²) in [6, 6.07) is 8.46. The van der Waals surface area contributed by atoms with Gasteiger partial charge in [0.15, 0.2) is 0 Å². The number of rotatable bonds is 5. The SMILES string of the molecule is CC(C)c1cccc(OCCN2CCCNCC2)c1. The van der Waals surface area contributed by atoms with Crippen LogP contribution in [0, 0.1) is 0 Å². The molecule has 1 aromatic rings. The number of nitrogens with one attached hydrogen (secondary N) is 1. The van der Waals surface area contributed by atoms with Crippen LogP contribution in [0.3, 0.4) is 0 Å². The molecule has 0 unspecified atom stereocenters. The fourth-order valence-corrected chi connectivity index (χ4v) is 2.38. The van der Waals surface area contributed by atoms with Gasteiger partial charge in [0.1, 0.15) is 12.4 Å². The van der Waals surface area contributed by atoms with Crippen molar-refractivity contribution in [2.75, 3.05) is 39.3 Å². The summed E-state index contributed by atoms with van der Waals surface area (Å²) >= 11 is 0. The van der Waals surface area contributed by atoms with Gasteiger partial charge in [-0.3, -0.25) is 4.90 Å². The minimum atomic E-state index is 0.556. The van der Waals surface area contributed by atoms with E-state index in [1.165, 1.54) is 18.5 Å². The van der Waals surface area contributed by atoms with E-state index in [4.69, 9.17) is 4.74 Å². The topological polar surface area (TPSA) is 24.5 Å². The number of hydrogen-bond donors (Lipinski definition) is 1. The highest BCUT2D eigenvalue weighted by atomic mass is 16.5. The van der Waals surface area contributed by atoms with Crippen molar-refractivity contribution in [3.05, 3.63) is 29.8 Å². The zero-order valence-electron chi connectivity index (χ0n) is 12.2. The van der Waals surface area contributed by atoms with Crippen LogP contribution in [-0.2, 0) is 0 Å². The molecule has 1 fully saturated rings. The van der Waals surface area contributed by atoms with Gasteiger partial charge in [-0.25, -0.2) is 0 Å². The van der Waals surface area contributed by atoms with E-state index in [-0.39, 0.29) is 0 Å². The van der Waals surface area contributed by atoms with Gasteiger partial charge in [0.05, 0.1) is 0 Å². The molecule has 1 aliphatic heterocycles. The second-order valence-corrected chi connectivity index (χ2v) is 5.52. The van der Waals surface area contributed by atoms with Crippen LogP contribution >= 0.6 is 0 Å². The summed E-state index contributed by atoms with van der Waals surface area (Å²) in [5.74, 6) is 1.55. The summed E-state index contributed by atoms with van der Waals surface area (Å²) in [5.41, 5.74) is 1.34. The van der Waals surface area contributed by atoms with Gasteiger partial charge < -0.3 is 10.1 Å². The largest absolute Gasteiger partial charge is 0.492 e. The van der Waals surface area contributed by atoms with Crippen molar-refractivity contribution in [3.8, 4) is 5.75 Å². The molecule has 2 rings (SSSR count). The van der Waals surface area contributed by atoms with Crippen molar-refractivity contribution >= 4 is 0 Å². The molecular formula is C16H26N2O. The highest BCUT2D eigenvalue weighted by Crippen LogP contribution is 2.20. The summed E-state index contributed by atoms with van der Waals surface area (Å²) in [4.78, 5) is 2.48. The molecule has 0 spiro atoms. The van der Waals surface area contributed by atoms with Crippen LogP contribution in [0.5, 0.6) is 5.75 Å². The third-order valence-electron chi connectivity index (χ3n) is 3.63. The zero-order valence-corrected chi connectivity index (χ0v) is 12.2. The lowest BCUT2D eigenvalue weighted by Gasteiger charge is -2.19. The Bertz CT molecular complexity index is 371. The third kappa shape index (κ3) is 4.84. The molecule has 0 aromatic heterocycles. The molecule has 1 heterocycles. The van der Waals surface area contributed by atoms with E-state index in [0.717, 1.165) is 38.5 Å². The second-order valence-electron chi connectivity index (χ2n) is 5.52. The Morgan fingerprint density at radius 1 is 1.26 bits per heavy atom. The maximum atomic E-state index is 5.88. The summed E-state index contributed by atoms with van der Waals surface area (Å²) in [5, 5.41) is 3.42.